The molecule has 0 radical (unpaired) electrons. The van der Waals surface area contributed by atoms with Gasteiger partial charge in [-0.15, -0.1) is 11.3 Å². The molecule has 94 valence electrons. The monoisotopic (exact) mass is 258 g/mol. The van der Waals surface area contributed by atoms with Crippen LogP contribution in [0.2, 0.25) is 0 Å². The Bertz CT molecular complexity index is 642. The summed E-state index contributed by atoms with van der Waals surface area (Å²) in [4.78, 5) is 8.33. The van der Waals surface area contributed by atoms with Gasteiger partial charge in [-0.3, -0.25) is 0 Å². The lowest BCUT2D eigenvalue weighted by Gasteiger charge is -1.98. The van der Waals surface area contributed by atoms with Crippen LogP contribution in [0.15, 0.2) is 18.2 Å². The lowest BCUT2D eigenvalue weighted by atomic mass is 10.1. The van der Waals surface area contributed by atoms with E-state index in [-0.39, 0.29) is 0 Å². The van der Waals surface area contributed by atoms with Crippen LogP contribution in [-0.4, -0.2) is 9.97 Å². The summed E-state index contributed by atoms with van der Waals surface area (Å²) in [6.45, 7) is 8.82. The smallest absolute Gasteiger partial charge is 0.106 e. The van der Waals surface area contributed by atoms with E-state index in [0.29, 0.717) is 11.8 Å². The van der Waals surface area contributed by atoms with Gasteiger partial charge in [-0.25, -0.2) is 4.98 Å². The molecule has 2 nitrogen and oxygen atoms in total. The van der Waals surface area contributed by atoms with Crippen LogP contribution in [-0.2, 0) is 0 Å². The highest BCUT2D eigenvalue weighted by molar-refractivity contribution is 7.18. The van der Waals surface area contributed by atoms with Crippen molar-refractivity contribution in [2.75, 3.05) is 0 Å². The Balaban J connectivity index is 2.30. The van der Waals surface area contributed by atoms with Gasteiger partial charge in [-0.05, 0) is 18.1 Å². The topological polar surface area (TPSA) is 28.7 Å². The Hall–Kier alpha value is -1.35. The molecule has 1 aromatic carbocycles. The van der Waals surface area contributed by atoms with Crippen molar-refractivity contribution in [1.82, 2.24) is 9.97 Å². The average molecular weight is 258 g/mol. The number of fused-ring (bicyclic) bond motifs is 3. The summed E-state index contributed by atoms with van der Waals surface area (Å²) in [6.07, 6.45) is 0. The summed E-state index contributed by atoms with van der Waals surface area (Å²) in [6, 6.07) is 6.63. The summed E-state index contributed by atoms with van der Waals surface area (Å²) in [5.74, 6) is 1.02. The van der Waals surface area contributed by atoms with Crippen LogP contribution in [0, 0.1) is 0 Å². The third-order valence-electron chi connectivity index (χ3n) is 3.31. The van der Waals surface area contributed by atoms with Gasteiger partial charge in [0.15, 0.2) is 0 Å². The molecule has 0 saturated heterocycles. The zero-order valence-corrected chi connectivity index (χ0v) is 12.1. The Morgan fingerprint density at radius 1 is 1.11 bits per heavy atom. The first-order chi connectivity index (χ1) is 8.56. The van der Waals surface area contributed by atoms with Gasteiger partial charge in [-0.2, -0.15) is 0 Å². The van der Waals surface area contributed by atoms with E-state index in [1.54, 1.807) is 11.3 Å². The molecule has 0 aliphatic heterocycles. The van der Waals surface area contributed by atoms with Gasteiger partial charge in [0, 0.05) is 17.0 Å². The van der Waals surface area contributed by atoms with Gasteiger partial charge in [-0.1, -0.05) is 33.8 Å². The average Bonchev–Trinajstić information content (AvgIpc) is 2.91. The SMILES string of the molecule is CC(C)c1cc2ccc3sc(C(C)C)nc3c2[nH]1. The number of thiazole rings is 1. The van der Waals surface area contributed by atoms with Crippen molar-refractivity contribution >= 4 is 32.5 Å². The molecule has 3 aromatic rings. The number of H-pyrrole nitrogens is 1. The molecule has 0 fully saturated rings. The van der Waals surface area contributed by atoms with Gasteiger partial charge < -0.3 is 4.98 Å². The molecule has 0 saturated carbocycles. The summed E-state index contributed by atoms with van der Waals surface area (Å²) < 4.78 is 1.28. The molecule has 0 spiro atoms. The van der Waals surface area contributed by atoms with Crippen LogP contribution in [0.4, 0.5) is 0 Å². The highest BCUT2D eigenvalue weighted by atomic mass is 32.1. The van der Waals surface area contributed by atoms with Crippen molar-refractivity contribution in [3.05, 3.63) is 28.9 Å². The molecule has 0 bridgehead atoms. The molecule has 0 aliphatic carbocycles. The van der Waals surface area contributed by atoms with Crippen molar-refractivity contribution in [3.8, 4) is 0 Å². The number of nitrogens with zero attached hydrogens (tertiary/aromatic N) is 1. The molecule has 0 aliphatic rings. The minimum absolute atomic E-state index is 0.497. The van der Waals surface area contributed by atoms with E-state index >= 15 is 0 Å². The number of benzene rings is 1. The van der Waals surface area contributed by atoms with E-state index in [1.807, 2.05) is 0 Å². The largest absolute Gasteiger partial charge is 0.356 e. The normalized spacial score (nSPS) is 12.3. The molecule has 1 N–H and O–H groups in total. The van der Waals surface area contributed by atoms with Crippen molar-refractivity contribution in [1.29, 1.82) is 0 Å². The number of aromatic nitrogens is 2. The fraction of sp³-hybridized carbons (Fsp3) is 0.400. The van der Waals surface area contributed by atoms with Crippen LogP contribution in [0.5, 0.6) is 0 Å². The summed E-state index contributed by atoms with van der Waals surface area (Å²) in [5, 5.41) is 2.49. The lowest BCUT2D eigenvalue weighted by Crippen LogP contribution is -1.86. The van der Waals surface area contributed by atoms with Crippen LogP contribution in [0.3, 0.4) is 0 Å². The first-order valence-corrected chi connectivity index (χ1v) is 7.30. The van der Waals surface area contributed by atoms with Crippen molar-refractivity contribution in [2.24, 2.45) is 0 Å². The Labute approximate surface area is 111 Å². The highest BCUT2D eigenvalue weighted by Gasteiger charge is 2.12. The number of nitrogens with one attached hydrogen (secondary N) is 1. The molecule has 0 unspecified atom stereocenters. The molecule has 0 atom stereocenters. The van der Waals surface area contributed by atoms with Gasteiger partial charge in [0.05, 0.1) is 15.2 Å². The minimum atomic E-state index is 0.497. The minimum Gasteiger partial charge on any atom is -0.356 e. The van der Waals surface area contributed by atoms with E-state index in [2.05, 4.69) is 50.9 Å². The first-order valence-electron chi connectivity index (χ1n) is 6.48. The van der Waals surface area contributed by atoms with Crippen LogP contribution < -0.4 is 0 Å². The number of rotatable bonds is 2. The van der Waals surface area contributed by atoms with E-state index in [0.717, 1.165) is 5.52 Å². The Morgan fingerprint density at radius 3 is 2.56 bits per heavy atom. The number of aromatic amines is 1. The highest BCUT2D eigenvalue weighted by Crippen LogP contribution is 2.33. The standard InChI is InChI=1S/C15H18N2S/c1-8(2)11-7-10-5-6-12-14(13(10)16-11)17-15(18-12)9(3)4/h5-9,16H,1-4H3. The molecule has 18 heavy (non-hydrogen) atoms. The second-order valence-electron chi connectivity index (χ2n) is 5.46. The zero-order valence-electron chi connectivity index (χ0n) is 11.2. The predicted molar refractivity (Wildman–Crippen MR) is 79.7 cm³/mol. The van der Waals surface area contributed by atoms with E-state index in [1.165, 1.54) is 26.3 Å². The second-order valence-corrected chi connectivity index (χ2v) is 6.52. The van der Waals surface area contributed by atoms with Gasteiger partial charge in [0.25, 0.3) is 0 Å². The van der Waals surface area contributed by atoms with Crippen molar-refractivity contribution in [3.63, 3.8) is 0 Å². The molecule has 2 heterocycles. The summed E-state index contributed by atoms with van der Waals surface area (Å²) in [5.41, 5.74) is 3.61. The molecule has 2 aromatic heterocycles. The van der Waals surface area contributed by atoms with E-state index < -0.39 is 0 Å². The molecular weight excluding hydrogens is 240 g/mol. The van der Waals surface area contributed by atoms with Gasteiger partial charge in [0.2, 0.25) is 0 Å². The first kappa shape index (κ1) is 11.7. The molecule has 0 amide bonds. The molecule has 3 heteroatoms. The second kappa shape index (κ2) is 4.09. The Morgan fingerprint density at radius 2 is 1.89 bits per heavy atom. The third kappa shape index (κ3) is 1.74. The van der Waals surface area contributed by atoms with Crippen molar-refractivity contribution < 1.29 is 0 Å². The predicted octanol–water partition coefficient (Wildman–Crippen LogP) is 5.02. The number of hydrogen-bond donors (Lipinski definition) is 1. The number of hydrogen-bond acceptors (Lipinski definition) is 2. The van der Waals surface area contributed by atoms with Gasteiger partial charge >= 0.3 is 0 Å². The van der Waals surface area contributed by atoms with Crippen LogP contribution >= 0.6 is 11.3 Å². The fourth-order valence-electron chi connectivity index (χ4n) is 2.18. The van der Waals surface area contributed by atoms with Gasteiger partial charge in [0.1, 0.15) is 5.52 Å². The molecular formula is C15H18N2S. The zero-order chi connectivity index (χ0) is 12.9. The maximum atomic E-state index is 4.80. The van der Waals surface area contributed by atoms with E-state index in [4.69, 9.17) is 4.98 Å². The summed E-state index contributed by atoms with van der Waals surface area (Å²) >= 11 is 1.81. The quantitative estimate of drug-likeness (QED) is 0.686. The maximum absolute atomic E-state index is 4.80. The van der Waals surface area contributed by atoms with Crippen LogP contribution in [0.25, 0.3) is 21.1 Å². The summed E-state index contributed by atoms with van der Waals surface area (Å²) in [7, 11) is 0. The molecule has 3 rings (SSSR count). The lowest BCUT2D eigenvalue weighted by molar-refractivity contribution is 0.836. The fourth-order valence-corrected chi connectivity index (χ4v) is 3.16. The third-order valence-corrected chi connectivity index (χ3v) is 4.63. The van der Waals surface area contributed by atoms with Crippen molar-refractivity contribution in [2.45, 2.75) is 39.5 Å². The Kier molecular flexibility index (Phi) is 2.67. The van der Waals surface area contributed by atoms with E-state index in [9.17, 15) is 0 Å². The maximum Gasteiger partial charge on any atom is 0.106 e. The van der Waals surface area contributed by atoms with Crippen LogP contribution in [0.1, 0.15) is 50.2 Å².